The third kappa shape index (κ3) is 4.77. The first-order valence-corrected chi connectivity index (χ1v) is 10.3. The SMILES string of the molecule is COc1ccc(NC(=O)CCS(=O)(=O)c2ccc3c(c2)NC(=O)CO3)cc1OC. The fourth-order valence-corrected chi connectivity index (χ4v) is 4.00. The Balaban J connectivity index is 1.65. The van der Waals surface area contributed by atoms with Crippen molar-refractivity contribution in [2.24, 2.45) is 0 Å². The van der Waals surface area contributed by atoms with Gasteiger partial charge in [-0.1, -0.05) is 0 Å². The Kier molecular flexibility index (Phi) is 5.92. The van der Waals surface area contributed by atoms with Crippen LogP contribution in [0.2, 0.25) is 0 Å². The molecule has 0 radical (unpaired) electrons. The lowest BCUT2D eigenvalue weighted by Crippen LogP contribution is -2.25. The lowest BCUT2D eigenvalue weighted by molar-refractivity contribution is -0.118. The van der Waals surface area contributed by atoms with Crippen LogP contribution < -0.4 is 24.8 Å². The maximum Gasteiger partial charge on any atom is 0.262 e. The molecule has 0 spiro atoms. The smallest absolute Gasteiger partial charge is 0.262 e. The number of rotatable bonds is 7. The van der Waals surface area contributed by atoms with E-state index in [0.29, 0.717) is 22.9 Å². The van der Waals surface area contributed by atoms with E-state index in [2.05, 4.69) is 10.6 Å². The number of anilines is 2. The molecule has 3 rings (SSSR count). The number of benzene rings is 2. The summed E-state index contributed by atoms with van der Waals surface area (Å²) in [7, 11) is -0.761. The second-order valence-electron chi connectivity index (χ2n) is 6.18. The van der Waals surface area contributed by atoms with Crippen LogP contribution in [-0.2, 0) is 19.4 Å². The van der Waals surface area contributed by atoms with Crippen molar-refractivity contribution in [1.29, 1.82) is 0 Å². The highest BCUT2D eigenvalue weighted by molar-refractivity contribution is 7.91. The summed E-state index contributed by atoms with van der Waals surface area (Å²) < 4.78 is 40.7. The zero-order valence-corrected chi connectivity index (χ0v) is 16.7. The zero-order chi connectivity index (χ0) is 21.0. The average molecular weight is 420 g/mol. The van der Waals surface area contributed by atoms with Gasteiger partial charge in [0, 0.05) is 18.2 Å². The number of ether oxygens (including phenoxy) is 3. The highest BCUT2D eigenvalue weighted by Gasteiger charge is 2.22. The quantitative estimate of drug-likeness (QED) is 0.701. The highest BCUT2D eigenvalue weighted by Crippen LogP contribution is 2.31. The molecule has 1 heterocycles. The normalized spacial score (nSPS) is 13.0. The lowest BCUT2D eigenvalue weighted by atomic mass is 10.2. The number of carbonyl (C=O) groups excluding carboxylic acids is 2. The van der Waals surface area contributed by atoms with E-state index in [-0.39, 0.29) is 35.3 Å². The molecule has 0 saturated heterocycles. The van der Waals surface area contributed by atoms with Crippen LogP contribution in [0.3, 0.4) is 0 Å². The van der Waals surface area contributed by atoms with E-state index in [1.807, 2.05) is 0 Å². The number of sulfone groups is 1. The first kappa shape index (κ1) is 20.5. The third-order valence-corrected chi connectivity index (χ3v) is 5.92. The van der Waals surface area contributed by atoms with Gasteiger partial charge in [0.15, 0.2) is 27.9 Å². The van der Waals surface area contributed by atoms with Crippen molar-refractivity contribution in [1.82, 2.24) is 0 Å². The molecule has 9 nitrogen and oxygen atoms in total. The second-order valence-corrected chi connectivity index (χ2v) is 8.29. The van der Waals surface area contributed by atoms with Crippen molar-refractivity contribution in [3.05, 3.63) is 36.4 Å². The standard InChI is InChI=1S/C19H20N2O7S/c1-26-16-5-3-12(9-17(16)27-2)20-18(22)7-8-29(24,25)13-4-6-15-14(10-13)21-19(23)11-28-15/h3-6,9-10H,7-8,11H2,1-2H3,(H,20,22)(H,21,23). The minimum atomic E-state index is -3.73. The van der Waals surface area contributed by atoms with Gasteiger partial charge in [0.2, 0.25) is 5.91 Å². The van der Waals surface area contributed by atoms with Crippen molar-refractivity contribution in [2.45, 2.75) is 11.3 Å². The zero-order valence-electron chi connectivity index (χ0n) is 15.9. The lowest BCUT2D eigenvalue weighted by Gasteiger charge is -2.18. The van der Waals surface area contributed by atoms with Crippen LogP contribution in [-0.4, -0.2) is 46.8 Å². The van der Waals surface area contributed by atoms with Gasteiger partial charge in [-0.25, -0.2) is 8.42 Å². The summed E-state index contributed by atoms with van der Waals surface area (Å²) in [5, 5.41) is 5.19. The van der Waals surface area contributed by atoms with Crippen LogP contribution in [0.25, 0.3) is 0 Å². The molecule has 0 fully saturated rings. The van der Waals surface area contributed by atoms with Gasteiger partial charge in [-0.15, -0.1) is 0 Å². The Morgan fingerprint density at radius 1 is 1.14 bits per heavy atom. The Morgan fingerprint density at radius 3 is 2.62 bits per heavy atom. The molecule has 0 unspecified atom stereocenters. The van der Waals surface area contributed by atoms with E-state index in [9.17, 15) is 18.0 Å². The van der Waals surface area contributed by atoms with E-state index in [1.165, 1.54) is 32.4 Å². The van der Waals surface area contributed by atoms with Crippen molar-refractivity contribution in [2.75, 3.05) is 37.2 Å². The summed E-state index contributed by atoms with van der Waals surface area (Å²) >= 11 is 0. The highest BCUT2D eigenvalue weighted by atomic mass is 32.2. The van der Waals surface area contributed by atoms with Crippen LogP contribution in [0.4, 0.5) is 11.4 Å². The van der Waals surface area contributed by atoms with Crippen molar-refractivity contribution in [3.63, 3.8) is 0 Å². The molecule has 0 bridgehead atoms. The molecular weight excluding hydrogens is 400 g/mol. The molecule has 2 N–H and O–H groups in total. The van der Waals surface area contributed by atoms with Gasteiger partial charge in [-0.3, -0.25) is 9.59 Å². The average Bonchev–Trinajstić information content (AvgIpc) is 2.71. The molecule has 10 heteroatoms. The molecule has 2 aromatic carbocycles. The first-order valence-electron chi connectivity index (χ1n) is 8.64. The van der Waals surface area contributed by atoms with Crippen LogP contribution in [0, 0.1) is 0 Å². The Bertz CT molecular complexity index is 1050. The second kappa shape index (κ2) is 8.39. The molecule has 1 aliphatic rings. The number of amides is 2. The Labute approximate surface area is 167 Å². The Morgan fingerprint density at radius 2 is 1.90 bits per heavy atom. The maximum absolute atomic E-state index is 12.6. The molecule has 0 saturated carbocycles. The van der Waals surface area contributed by atoms with E-state index in [1.54, 1.807) is 18.2 Å². The number of nitrogens with one attached hydrogen (secondary N) is 2. The topological polar surface area (TPSA) is 120 Å². The van der Waals surface area contributed by atoms with E-state index in [4.69, 9.17) is 14.2 Å². The fourth-order valence-electron chi connectivity index (χ4n) is 2.74. The predicted molar refractivity (Wildman–Crippen MR) is 105 cm³/mol. The van der Waals surface area contributed by atoms with Crippen molar-refractivity contribution >= 4 is 33.0 Å². The molecule has 0 aromatic heterocycles. The van der Waals surface area contributed by atoms with E-state index >= 15 is 0 Å². The molecule has 154 valence electrons. The minimum absolute atomic E-state index is 0.000895. The molecule has 2 amide bonds. The van der Waals surface area contributed by atoms with Crippen LogP contribution in [0.5, 0.6) is 17.2 Å². The van der Waals surface area contributed by atoms with Gasteiger partial charge in [0.1, 0.15) is 5.75 Å². The minimum Gasteiger partial charge on any atom is -0.493 e. The summed E-state index contributed by atoms with van der Waals surface area (Å²) in [6, 6.07) is 9.03. The summed E-state index contributed by atoms with van der Waals surface area (Å²) in [5.41, 5.74) is 0.746. The van der Waals surface area contributed by atoms with Gasteiger partial charge in [0.05, 0.1) is 30.6 Å². The summed E-state index contributed by atoms with van der Waals surface area (Å²) in [6.45, 7) is -0.116. The van der Waals surface area contributed by atoms with E-state index < -0.39 is 15.7 Å². The van der Waals surface area contributed by atoms with Gasteiger partial charge < -0.3 is 24.8 Å². The number of hydrogen-bond donors (Lipinski definition) is 2. The molecule has 0 atom stereocenters. The molecule has 1 aliphatic heterocycles. The molecule has 29 heavy (non-hydrogen) atoms. The van der Waals surface area contributed by atoms with Crippen molar-refractivity contribution < 1.29 is 32.2 Å². The third-order valence-electron chi connectivity index (χ3n) is 4.21. The summed E-state index contributed by atoms with van der Waals surface area (Å²) in [5.74, 6) is 0.138. The van der Waals surface area contributed by atoms with Gasteiger partial charge in [0.25, 0.3) is 5.91 Å². The maximum atomic E-state index is 12.6. The first-order chi connectivity index (χ1) is 13.8. The fraction of sp³-hybridized carbons (Fsp3) is 0.263. The van der Waals surface area contributed by atoms with Gasteiger partial charge in [-0.2, -0.15) is 0 Å². The predicted octanol–water partition coefficient (Wildman–Crippen LogP) is 1.84. The monoisotopic (exact) mass is 420 g/mol. The number of methoxy groups -OCH3 is 2. The number of hydrogen-bond acceptors (Lipinski definition) is 7. The van der Waals surface area contributed by atoms with Crippen LogP contribution in [0.1, 0.15) is 6.42 Å². The number of carbonyl (C=O) groups is 2. The van der Waals surface area contributed by atoms with Gasteiger partial charge >= 0.3 is 0 Å². The molecular formula is C19H20N2O7S. The largest absolute Gasteiger partial charge is 0.493 e. The summed E-state index contributed by atoms with van der Waals surface area (Å²) in [6.07, 6.45) is -0.239. The molecule has 2 aromatic rings. The Hall–Kier alpha value is -3.27. The number of fused-ring (bicyclic) bond motifs is 1. The van der Waals surface area contributed by atoms with E-state index in [0.717, 1.165) is 0 Å². The van der Waals surface area contributed by atoms with Crippen molar-refractivity contribution in [3.8, 4) is 17.2 Å². The summed E-state index contributed by atoms with van der Waals surface area (Å²) in [4.78, 5) is 23.6. The van der Waals surface area contributed by atoms with Crippen LogP contribution in [0.15, 0.2) is 41.3 Å². The molecule has 0 aliphatic carbocycles. The van der Waals surface area contributed by atoms with Gasteiger partial charge in [-0.05, 0) is 30.3 Å². The van der Waals surface area contributed by atoms with Crippen LogP contribution >= 0.6 is 0 Å².